The van der Waals surface area contributed by atoms with Gasteiger partial charge in [0, 0.05) is 73.2 Å². The number of nitrogens with zero attached hydrogens (tertiary/aromatic N) is 4. The first-order valence-corrected chi connectivity index (χ1v) is 16.7. The topological polar surface area (TPSA) is 83.0 Å². The average Bonchev–Trinajstić information content (AvgIpc) is 3.48. The zero-order chi connectivity index (χ0) is 31.9. The normalized spacial score (nSPS) is 24.1. The van der Waals surface area contributed by atoms with E-state index in [0.717, 1.165) is 77.9 Å². The second-order valence-electron chi connectivity index (χ2n) is 14.4. The van der Waals surface area contributed by atoms with E-state index in [4.69, 9.17) is 20.9 Å². The minimum atomic E-state index is -0.600. The first kappa shape index (κ1) is 29.1. The van der Waals surface area contributed by atoms with Crippen molar-refractivity contribution in [3.8, 4) is 35.2 Å². The molecule has 2 atom stereocenters. The van der Waals surface area contributed by atoms with Gasteiger partial charge < -0.3 is 24.8 Å². The van der Waals surface area contributed by atoms with Crippen LogP contribution in [-0.2, 0) is 4.74 Å². The molecule has 47 heavy (non-hydrogen) atoms. The monoisotopic (exact) mass is 637 g/mol. The summed E-state index contributed by atoms with van der Waals surface area (Å²) in [7, 11) is 0. The quantitative estimate of drug-likeness (QED) is 0.262. The molecule has 4 aliphatic heterocycles. The van der Waals surface area contributed by atoms with E-state index < -0.39 is 11.6 Å². The largest absolute Gasteiger partial charge is 0.508 e. The van der Waals surface area contributed by atoms with Crippen LogP contribution in [0.5, 0.6) is 11.8 Å². The molecule has 10 heteroatoms. The van der Waals surface area contributed by atoms with Crippen LogP contribution in [0.25, 0.3) is 32.8 Å². The van der Waals surface area contributed by atoms with Crippen molar-refractivity contribution in [2.45, 2.75) is 56.2 Å². The molecule has 2 unspecified atom stereocenters. The van der Waals surface area contributed by atoms with E-state index in [0.29, 0.717) is 46.2 Å². The zero-order valence-corrected chi connectivity index (χ0v) is 26.2. The van der Waals surface area contributed by atoms with Crippen molar-refractivity contribution >= 4 is 27.5 Å². The molecule has 4 aromatic rings. The summed E-state index contributed by atoms with van der Waals surface area (Å²) in [6, 6.07) is 10.0. The van der Waals surface area contributed by atoms with Gasteiger partial charge in [-0.2, -0.15) is 9.97 Å². The lowest BCUT2D eigenvalue weighted by atomic mass is 9.89. The number of terminal acetylenes is 1. The molecule has 1 aromatic heterocycles. The van der Waals surface area contributed by atoms with Crippen molar-refractivity contribution in [2.75, 3.05) is 50.8 Å². The summed E-state index contributed by atoms with van der Waals surface area (Å²) in [5.74, 6) is 1.82. The first-order chi connectivity index (χ1) is 22.8. The number of phenolic OH excluding ortho intramolecular Hbond substituents is 1. The van der Waals surface area contributed by atoms with E-state index in [2.05, 4.69) is 26.0 Å². The Labute approximate surface area is 272 Å². The van der Waals surface area contributed by atoms with Crippen LogP contribution < -0.4 is 15.0 Å². The molecular weight excluding hydrogens is 600 g/mol. The predicted octanol–water partition coefficient (Wildman–Crippen LogP) is 5.38. The third kappa shape index (κ3) is 4.98. The van der Waals surface area contributed by atoms with Gasteiger partial charge >= 0.3 is 6.01 Å². The molecule has 1 saturated carbocycles. The fourth-order valence-electron chi connectivity index (χ4n) is 8.49. The van der Waals surface area contributed by atoms with Crippen molar-refractivity contribution in [1.82, 2.24) is 20.2 Å². The fraction of sp³-hybridized carbons (Fsp3) is 0.459. The van der Waals surface area contributed by atoms with Gasteiger partial charge in [-0.25, -0.2) is 8.78 Å². The van der Waals surface area contributed by atoms with Gasteiger partial charge in [0.2, 0.25) is 0 Å². The molecule has 0 radical (unpaired) electrons. The summed E-state index contributed by atoms with van der Waals surface area (Å²) in [6.45, 7) is 5.72. The number of anilines is 1. The van der Waals surface area contributed by atoms with E-state index in [-0.39, 0.29) is 39.4 Å². The minimum absolute atomic E-state index is 0.0167. The number of hydrogen-bond donors (Lipinski definition) is 2. The number of phenols is 1. The first-order valence-electron chi connectivity index (χ1n) is 16.7. The number of aromatic hydroxyl groups is 1. The molecule has 9 rings (SSSR count). The summed E-state index contributed by atoms with van der Waals surface area (Å²) >= 11 is 0. The number of likely N-dealkylation sites (tertiary alicyclic amines) is 1. The van der Waals surface area contributed by atoms with Gasteiger partial charge in [-0.3, -0.25) is 4.90 Å². The van der Waals surface area contributed by atoms with Crippen LogP contribution in [0.15, 0.2) is 36.4 Å². The van der Waals surface area contributed by atoms with E-state index in [1.807, 2.05) is 6.07 Å². The number of fused-ring (bicyclic) bond motifs is 4. The Hall–Kier alpha value is -4.04. The Bertz CT molecular complexity index is 1950. The second kappa shape index (κ2) is 10.7. The lowest BCUT2D eigenvalue weighted by molar-refractivity contribution is -0.117. The highest BCUT2D eigenvalue weighted by Gasteiger charge is 2.52. The molecule has 2 N–H and O–H groups in total. The molecule has 1 aliphatic carbocycles. The van der Waals surface area contributed by atoms with Gasteiger partial charge in [0.15, 0.2) is 5.82 Å². The standard InChI is InChI=1S/C37H37F2N5O3/c1-2-26-30(38)9-4-22-14-25(45)15-29(31(22)26)27-7-8-28-33(32(27)39)41-35(42-34(28)44-16-23-5-6-24(17-44)40-23)46-21-36(11-12-36)18-43-19-37(20-43)10-3-13-47-37/h1,4,7-9,14-15,23-24,40,45H,3,5-6,10-13,16-21H2. The van der Waals surface area contributed by atoms with E-state index in [1.165, 1.54) is 24.3 Å². The third-order valence-electron chi connectivity index (χ3n) is 11.0. The van der Waals surface area contributed by atoms with Crippen molar-refractivity contribution in [3.63, 3.8) is 0 Å². The van der Waals surface area contributed by atoms with Gasteiger partial charge in [0.05, 0.1) is 17.8 Å². The summed E-state index contributed by atoms with van der Waals surface area (Å²) in [4.78, 5) is 14.3. The highest BCUT2D eigenvalue weighted by atomic mass is 19.1. The molecule has 8 nitrogen and oxygen atoms in total. The SMILES string of the molecule is C#Cc1c(F)ccc2cc(O)cc(-c3ccc4c(N5CC6CCC(C5)N6)nc(OCC5(CN6CC7(CCCO7)C6)CC5)nc4c3F)c12. The molecule has 1 spiro atoms. The number of aromatic nitrogens is 2. The maximum atomic E-state index is 16.9. The summed E-state index contributed by atoms with van der Waals surface area (Å²) in [5.41, 5.74) is 0.683. The van der Waals surface area contributed by atoms with Crippen molar-refractivity contribution < 1.29 is 23.4 Å². The number of nitrogens with one attached hydrogen (secondary N) is 1. The molecule has 2 bridgehead atoms. The van der Waals surface area contributed by atoms with E-state index in [9.17, 15) is 9.50 Å². The third-order valence-corrected chi connectivity index (χ3v) is 11.0. The highest BCUT2D eigenvalue weighted by Crippen LogP contribution is 2.49. The van der Waals surface area contributed by atoms with Crippen LogP contribution in [0, 0.1) is 29.4 Å². The van der Waals surface area contributed by atoms with Gasteiger partial charge in [-0.1, -0.05) is 18.1 Å². The predicted molar refractivity (Wildman–Crippen MR) is 176 cm³/mol. The number of benzene rings is 3. The van der Waals surface area contributed by atoms with Crippen molar-refractivity contribution in [1.29, 1.82) is 0 Å². The van der Waals surface area contributed by atoms with Gasteiger partial charge in [0.25, 0.3) is 0 Å². The van der Waals surface area contributed by atoms with E-state index in [1.54, 1.807) is 6.07 Å². The smallest absolute Gasteiger partial charge is 0.319 e. The Morgan fingerprint density at radius 3 is 2.57 bits per heavy atom. The highest BCUT2D eigenvalue weighted by molar-refractivity contribution is 6.04. The summed E-state index contributed by atoms with van der Waals surface area (Å²) < 4.78 is 44.1. The number of rotatable bonds is 7. The molecule has 5 fully saturated rings. The number of piperazine rings is 1. The van der Waals surface area contributed by atoms with Gasteiger partial charge in [-0.05, 0) is 73.7 Å². The molecule has 242 valence electrons. The summed E-state index contributed by atoms with van der Waals surface area (Å²) in [6.07, 6.45) is 12.3. The van der Waals surface area contributed by atoms with Crippen LogP contribution in [0.4, 0.5) is 14.6 Å². The molecule has 3 aromatic carbocycles. The lowest BCUT2D eigenvalue weighted by Gasteiger charge is -2.48. The number of ether oxygens (including phenoxy) is 2. The van der Waals surface area contributed by atoms with Crippen LogP contribution in [0.3, 0.4) is 0 Å². The lowest BCUT2D eigenvalue weighted by Crippen LogP contribution is -2.62. The van der Waals surface area contributed by atoms with Crippen molar-refractivity contribution in [3.05, 3.63) is 53.6 Å². The maximum absolute atomic E-state index is 16.9. The Morgan fingerprint density at radius 1 is 1.04 bits per heavy atom. The molecule has 5 heterocycles. The van der Waals surface area contributed by atoms with Crippen molar-refractivity contribution in [2.24, 2.45) is 5.41 Å². The zero-order valence-electron chi connectivity index (χ0n) is 26.2. The Morgan fingerprint density at radius 2 is 1.85 bits per heavy atom. The minimum Gasteiger partial charge on any atom is -0.508 e. The van der Waals surface area contributed by atoms with Crippen LogP contribution >= 0.6 is 0 Å². The number of hydrogen-bond acceptors (Lipinski definition) is 8. The van der Waals surface area contributed by atoms with Crippen LogP contribution in [0.1, 0.15) is 44.1 Å². The van der Waals surface area contributed by atoms with Crippen LogP contribution in [-0.4, -0.2) is 83.6 Å². The maximum Gasteiger partial charge on any atom is 0.319 e. The average molecular weight is 638 g/mol. The Kier molecular flexibility index (Phi) is 6.66. The summed E-state index contributed by atoms with van der Waals surface area (Å²) in [5, 5.41) is 15.7. The molecule has 5 aliphatic rings. The van der Waals surface area contributed by atoms with E-state index >= 15 is 4.39 Å². The molecular formula is C37H37F2N5O3. The van der Waals surface area contributed by atoms with Gasteiger partial charge in [0.1, 0.15) is 22.9 Å². The fourth-order valence-corrected chi connectivity index (χ4v) is 8.49. The Balaban J connectivity index is 1.10. The second-order valence-corrected chi connectivity index (χ2v) is 14.4. The number of halogens is 2. The molecule has 0 amide bonds. The van der Waals surface area contributed by atoms with Gasteiger partial charge in [-0.15, -0.1) is 6.42 Å². The molecule has 4 saturated heterocycles. The van der Waals surface area contributed by atoms with Crippen LogP contribution in [0.2, 0.25) is 0 Å².